The molecule has 2 aromatic heterocycles. The van der Waals surface area contributed by atoms with Gasteiger partial charge in [0, 0.05) is 34.2 Å². The monoisotopic (exact) mass is 393 g/mol. The van der Waals surface area contributed by atoms with Gasteiger partial charge in [0.2, 0.25) is 0 Å². The summed E-state index contributed by atoms with van der Waals surface area (Å²) in [4.78, 5) is 38.6. The maximum absolute atomic E-state index is 12.6. The van der Waals surface area contributed by atoms with E-state index in [1.807, 2.05) is 20.8 Å². The minimum atomic E-state index is -0.524. The third-order valence-corrected chi connectivity index (χ3v) is 4.51. The number of aromatic nitrogens is 4. The van der Waals surface area contributed by atoms with Gasteiger partial charge in [0.1, 0.15) is 11.4 Å². The van der Waals surface area contributed by atoms with Gasteiger partial charge in [-0.3, -0.25) is 28.8 Å². The Labute approximate surface area is 162 Å². The summed E-state index contributed by atoms with van der Waals surface area (Å²) < 4.78 is 2.24. The molecule has 0 aliphatic heterocycles. The molecule has 28 heavy (non-hydrogen) atoms. The van der Waals surface area contributed by atoms with Crippen molar-refractivity contribution in [3.63, 3.8) is 0 Å². The van der Waals surface area contributed by atoms with E-state index in [2.05, 4.69) is 20.8 Å². The zero-order chi connectivity index (χ0) is 21.3. The number of H-pyrrole nitrogens is 1. The van der Waals surface area contributed by atoms with E-state index in [0.29, 0.717) is 0 Å². The molecule has 0 spiro atoms. The molecule has 11 nitrogen and oxygen atoms in total. The van der Waals surface area contributed by atoms with Gasteiger partial charge in [-0.1, -0.05) is 13.8 Å². The number of hydrogen-bond donors (Lipinski definition) is 4. The summed E-state index contributed by atoms with van der Waals surface area (Å²) in [5.41, 5.74) is -1.11. The van der Waals surface area contributed by atoms with Crippen molar-refractivity contribution in [3.05, 3.63) is 26.4 Å². The Morgan fingerprint density at radius 1 is 1.18 bits per heavy atom. The van der Waals surface area contributed by atoms with Gasteiger partial charge in [-0.05, 0) is 12.8 Å². The Kier molecular flexibility index (Phi) is 5.86. The fraction of sp³-hybridized carbons (Fsp3) is 0.529. The zero-order valence-corrected chi connectivity index (χ0v) is 17.1. The second kappa shape index (κ2) is 7.79. The van der Waals surface area contributed by atoms with Crippen LogP contribution in [0.5, 0.6) is 5.75 Å². The first kappa shape index (κ1) is 21.1. The first-order valence-electron chi connectivity index (χ1n) is 8.80. The van der Waals surface area contributed by atoms with E-state index < -0.39 is 22.8 Å². The van der Waals surface area contributed by atoms with Crippen molar-refractivity contribution in [2.45, 2.75) is 26.8 Å². The molecule has 0 aliphatic rings. The quantitative estimate of drug-likeness (QED) is 0.558. The highest BCUT2D eigenvalue weighted by Gasteiger charge is 2.25. The molecule has 4 N–H and O–H groups in total. The second-order valence-electron chi connectivity index (χ2n) is 7.23. The van der Waals surface area contributed by atoms with Crippen molar-refractivity contribution in [1.82, 2.24) is 24.5 Å². The number of rotatable bonds is 6. The number of amides is 1. The van der Waals surface area contributed by atoms with E-state index in [1.54, 1.807) is 14.1 Å². The number of aryl methyl sites for hydroxylation is 2. The van der Waals surface area contributed by atoms with Crippen LogP contribution < -0.4 is 21.8 Å². The molecular weight excluding hydrogens is 366 g/mol. The van der Waals surface area contributed by atoms with Crippen LogP contribution in [0.3, 0.4) is 0 Å². The topological polar surface area (TPSA) is 137 Å². The Balaban J connectivity index is 2.58. The highest BCUT2D eigenvalue weighted by molar-refractivity contribution is 5.97. The van der Waals surface area contributed by atoms with Crippen LogP contribution in [-0.2, 0) is 14.1 Å². The van der Waals surface area contributed by atoms with Crippen LogP contribution in [0.1, 0.15) is 31.3 Å². The van der Waals surface area contributed by atoms with Crippen molar-refractivity contribution in [2.24, 2.45) is 20.0 Å². The van der Waals surface area contributed by atoms with E-state index in [4.69, 9.17) is 0 Å². The zero-order valence-electron chi connectivity index (χ0n) is 17.1. The van der Waals surface area contributed by atoms with Gasteiger partial charge in [-0.2, -0.15) is 5.10 Å². The SMILES string of the molecule is CC(C)[C@H](C)Nc1c(Nc2nn(C)c(C(=O)N(C)C)c2O)c(=O)n(C)[nH]c1=O. The summed E-state index contributed by atoms with van der Waals surface area (Å²) in [6, 6.07) is -0.100. The van der Waals surface area contributed by atoms with E-state index in [1.165, 1.54) is 23.7 Å². The van der Waals surface area contributed by atoms with Crippen LogP contribution >= 0.6 is 0 Å². The molecule has 2 heterocycles. The third-order valence-electron chi connectivity index (χ3n) is 4.51. The van der Waals surface area contributed by atoms with E-state index >= 15 is 0 Å². The fourth-order valence-electron chi connectivity index (χ4n) is 2.46. The average molecular weight is 393 g/mol. The van der Waals surface area contributed by atoms with Gasteiger partial charge in [-0.15, -0.1) is 0 Å². The highest BCUT2D eigenvalue weighted by Crippen LogP contribution is 2.30. The number of nitrogens with one attached hydrogen (secondary N) is 3. The van der Waals surface area contributed by atoms with Crippen molar-refractivity contribution in [1.29, 1.82) is 0 Å². The molecule has 0 unspecified atom stereocenters. The number of anilines is 3. The normalized spacial score (nSPS) is 12.1. The number of hydrogen-bond acceptors (Lipinski definition) is 7. The molecule has 0 radical (unpaired) electrons. The summed E-state index contributed by atoms with van der Waals surface area (Å²) >= 11 is 0. The fourth-order valence-corrected chi connectivity index (χ4v) is 2.46. The first-order chi connectivity index (χ1) is 13.0. The number of aromatic hydroxyl groups is 1. The summed E-state index contributed by atoms with van der Waals surface area (Å²) in [5, 5.41) is 22.8. The lowest BCUT2D eigenvalue weighted by Crippen LogP contribution is -2.34. The van der Waals surface area contributed by atoms with Crippen LogP contribution in [0.15, 0.2) is 9.59 Å². The van der Waals surface area contributed by atoms with Crippen LogP contribution in [-0.4, -0.2) is 55.6 Å². The number of nitrogens with zero attached hydrogens (tertiary/aromatic N) is 4. The lowest BCUT2D eigenvalue weighted by molar-refractivity contribution is 0.0814. The van der Waals surface area contributed by atoms with Crippen LogP contribution in [0, 0.1) is 5.92 Å². The maximum Gasteiger partial charge on any atom is 0.290 e. The molecular formula is C17H27N7O4. The minimum Gasteiger partial charge on any atom is -0.503 e. The first-order valence-corrected chi connectivity index (χ1v) is 8.80. The minimum absolute atomic E-state index is 0.0369. The summed E-state index contributed by atoms with van der Waals surface area (Å²) in [6.07, 6.45) is 0. The molecule has 2 aromatic rings. The molecule has 0 bridgehead atoms. The van der Waals surface area contributed by atoms with Gasteiger partial charge in [0.15, 0.2) is 17.3 Å². The van der Waals surface area contributed by atoms with Gasteiger partial charge in [0.25, 0.3) is 17.0 Å². The lowest BCUT2D eigenvalue weighted by Gasteiger charge is -2.20. The maximum atomic E-state index is 12.6. The van der Waals surface area contributed by atoms with Crippen molar-refractivity contribution in [3.8, 4) is 5.75 Å². The van der Waals surface area contributed by atoms with Gasteiger partial charge < -0.3 is 20.6 Å². The van der Waals surface area contributed by atoms with E-state index in [0.717, 1.165) is 4.68 Å². The smallest absolute Gasteiger partial charge is 0.290 e. The highest BCUT2D eigenvalue weighted by atomic mass is 16.3. The number of aromatic amines is 1. The summed E-state index contributed by atoms with van der Waals surface area (Å²) in [6.45, 7) is 5.84. The predicted molar refractivity (Wildman–Crippen MR) is 106 cm³/mol. The predicted octanol–water partition coefficient (Wildman–Crippen LogP) is 0.415. The van der Waals surface area contributed by atoms with Crippen LogP contribution in [0.4, 0.5) is 17.2 Å². The molecule has 0 fully saturated rings. The molecule has 0 aliphatic carbocycles. The summed E-state index contributed by atoms with van der Waals surface area (Å²) in [7, 11) is 5.99. The Morgan fingerprint density at radius 3 is 2.32 bits per heavy atom. The number of carbonyl (C=O) groups excluding carboxylic acids is 1. The molecule has 11 heteroatoms. The van der Waals surface area contributed by atoms with Crippen molar-refractivity contribution in [2.75, 3.05) is 24.7 Å². The summed E-state index contributed by atoms with van der Waals surface area (Å²) in [5.74, 6) is -0.767. The Hall–Kier alpha value is -3.24. The Morgan fingerprint density at radius 2 is 1.79 bits per heavy atom. The Bertz CT molecular complexity index is 1000. The van der Waals surface area contributed by atoms with Gasteiger partial charge >= 0.3 is 0 Å². The van der Waals surface area contributed by atoms with Gasteiger partial charge in [-0.25, -0.2) is 0 Å². The molecule has 0 saturated carbocycles. The van der Waals surface area contributed by atoms with Crippen molar-refractivity contribution >= 4 is 23.1 Å². The van der Waals surface area contributed by atoms with E-state index in [9.17, 15) is 19.5 Å². The number of carbonyl (C=O) groups is 1. The molecule has 1 amide bonds. The lowest BCUT2D eigenvalue weighted by atomic mass is 10.1. The largest absolute Gasteiger partial charge is 0.503 e. The molecule has 0 saturated heterocycles. The third kappa shape index (κ3) is 3.87. The van der Waals surface area contributed by atoms with Crippen LogP contribution in [0.2, 0.25) is 0 Å². The molecule has 0 aromatic carbocycles. The van der Waals surface area contributed by atoms with Crippen molar-refractivity contribution < 1.29 is 9.90 Å². The van der Waals surface area contributed by atoms with Gasteiger partial charge in [0.05, 0.1) is 0 Å². The van der Waals surface area contributed by atoms with Crippen LogP contribution in [0.25, 0.3) is 0 Å². The molecule has 154 valence electrons. The van der Waals surface area contributed by atoms with E-state index in [-0.39, 0.29) is 34.8 Å². The molecule has 1 atom stereocenters. The molecule has 2 rings (SSSR count). The average Bonchev–Trinajstić information content (AvgIpc) is 2.88. The standard InChI is InChI=1S/C17H27N7O4/c1-8(2)9(3)18-10-11(16(27)24(7)21-15(10)26)19-14-13(25)12(23(6)20-14)17(28)22(4)5/h8-9,18,25H,1-7H3,(H,19,20)(H,21,26)/t9-/m0/s1. The second-order valence-corrected chi connectivity index (χ2v) is 7.23.